The fourth-order valence-electron chi connectivity index (χ4n) is 1.32. The van der Waals surface area contributed by atoms with E-state index in [9.17, 15) is 14.0 Å². The molecule has 0 unspecified atom stereocenters. The summed E-state index contributed by atoms with van der Waals surface area (Å²) in [5, 5.41) is 13.4. The van der Waals surface area contributed by atoms with E-state index in [0.717, 1.165) is 12.1 Å². The van der Waals surface area contributed by atoms with Crippen LogP contribution in [0.15, 0.2) is 24.3 Å². The van der Waals surface area contributed by atoms with E-state index >= 15 is 0 Å². The molecule has 0 aliphatic carbocycles. The largest absolute Gasteiger partial charge is 0.478 e. The van der Waals surface area contributed by atoms with Crippen LogP contribution in [0.25, 0.3) is 6.08 Å². The van der Waals surface area contributed by atoms with Gasteiger partial charge in [-0.3, -0.25) is 0 Å². The molecule has 0 saturated carbocycles. The lowest BCUT2D eigenvalue weighted by Crippen LogP contribution is -2.34. The lowest BCUT2D eigenvalue weighted by atomic mass is 10.2. The molecule has 0 spiro atoms. The van der Waals surface area contributed by atoms with E-state index in [2.05, 4.69) is 10.6 Å². The number of aliphatic carboxylic acids is 1. The Bertz CT molecular complexity index is 513. The minimum atomic E-state index is -1.11. The van der Waals surface area contributed by atoms with Crippen LogP contribution < -0.4 is 10.6 Å². The average Bonchev–Trinajstić information content (AvgIpc) is 2.28. The number of benzene rings is 1. The Balaban J connectivity index is 2.77. The summed E-state index contributed by atoms with van der Waals surface area (Å²) < 4.78 is 13.6. The quantitative estimate of drug-likeness (QED) is 0.732. The van der Waals surface area contributed by atoms with E-state index in [0.29, 0.717) is 5.56 Å². The Morgan fingerprint density at radius 1 is 1.37 bits per heavy atom. The minimum absolute atomic E-state index is 0.0330. The second kappa shape index (κ2) is 6.53. The van der Waals surface area contributed by atoms with Gasteiger partial charge in [-0.25, -0.2) is 14.0 Å². The van der Waals surface area contributed by atoms with Crippen molar-refractivity contribution in [2.24, 2.45) is 0 Å². The molecule has 0 fully saturated rings. The topological polar surface area (TPSA) is 78.4 Å². The van der Waals surface area contributed by atoms with E-state index in [4.69, 9.17) is 5.11 Å². The Labute approximate surface area is 110 Å². The monoisotopic (exact) mass is 266 g/mol. The zero-order chi connectivity index (χ0) is 14.4. The van der Waals surface area contributed by atoms with Gasteiger partial charge in [-0.1, -0.05) is 6.07 Å². The van der Waals surface area contributed by atoms with E-state index < -0.39 is 17.8 Å². The van der Waals surface area contributed by atoms with Crippen LogP contribution in [0.1, 0.15) is 19.4 Å². The van der Waals surface area contributed by atoms with Crippen molar-refractivity contribution in [3.05, 3.63) is 35.7 Å². The van der Waals surface area contributed by atoms with Crippen LogP contribution in [0, 0.1) is 5.82 Å². The molecular weight excluding hydrogens is 251 g/mol. The third kappa shape index (κ3) is 5.20. The summed E-state index contributed by atoms with van der Waals surface area (Å²) in [5.41, 5.74) is 0.431. The molecule has 0 aromatic heterocycles. The van der Waals surface area contributed by atoms with Gasteiger partial charge in [0.1, 0.15) is 5.82 Å². The van der Waals surface area contributed by atoms with Crippen molar-refractivity contribution < 1.29 is 19.1 Å². The molecule has 0 aliphatic rings. The highest BCUT2D eigenvalue weighted by Gasteiger charge is 2.07. The maximum atomic E-state index is 13.6. The summed E-state index contributed by atoms with van der Waals surface area (Å²) in [5.74, 6) is -1.75. The van der Waals surface area contributed by atoms with Crippen molar-refractivity contribution in [3.8, 4) is 0 Å². The van der Waals surface area contributed by atoms with Gasteiger partial charge in [0.15, 0.2) is 0 Å². The number of carboxylic acid groups (broad SMARTS) is 1. The predicted molar refractivity (Wildman–Crippen MR) is 70.4 cm³/mol. The summed E-state index contributed by atoms with van der Waals surface area (Å²) in [6.07, 6.45) is 2.18. The van der Waals surface area contributed by atoms with Crippen LogP contribution in [0.2, 0.25) is 0 Å². The number of hydrogen-bond donors (Lipinski definition) is 3. The van der Waals surface area contributed by atoms with Gasteiger partial charge in [0, 0.05) is 12.1 Å². The summed E-state index contributed by atoms with van der Waals surface area (Å²) >= 11 is 0. The van der Waals surface area contributed by atoms with E-state index in [1.807, 2.05) is 0 Å². The van der Waals surface area contributed by atoms with Gasteiger partial charge in [0.05, 0.1) is 5.69 Å². The van der Waals surface area contributed by atoms with Gasteiger partial charge in [0.2, 0.25) is 0 Å². The van der Waals surface area contributed by atoms with Crippen LogP contribution in [0.3, 0.4) is 0 Å². The molecular formula is C13H15FN2O3. The van der Waals surface area contributed by atoms with E-state index in [1.165, 1.54) is 18.2 Å². The van der Waals surface area contributed by atoms with Crippen LogP contribution in [0.4, 0.5) is 14.9 Å². The Morgan fingerprint density at radius 3 is 2.58 bits per heavy atom. The number of carbonyl (C=O) groups is 2. The first kappa shape index (κ1) is 14.7. The number of carboxylic acids is 1. The molecule has 19 heavy (non-hydrogen) atoms. The maximum absolute atomic E-state index is 13.6. The van der Waals surface area contributed by atoms with Gasteiger partial charge in [-0.05, 0) is 37.6 Å². The first-order chi connectivity index (χ1) is 8.88. The number of rotatable bonds is 4. The van der Waals surface area contributed by atoms with Crippen molar-refractivity contribution in [3.63, 3.8) is 0 Å². The molecule has 102 valence electrons. The fourth-order valence-corrected chi connectivity index (χ4v) is 1.32. The molecule has 1 rings (SSSR count). The van der Waals surface area contributed by atoms with Crippen molar-refractivity contribution in [1.29, 1.82) is 0 Å². The normalized spacial score (nSPS) is 10.7. The Hall–Kier alpha value is -2.37. The van der Waals surface area contributed by atoms with Crippen LogP contribution in [-0.4, -0.2) is 23.1 Å². The summed E-state index contributed by atoms with van der Waals surface area (Å²) in [4.78, 5) is 21.7. The third-order valence-electron chi connectivity index (χ3n) is 2.08. The van der Waals surface area contributed by atoms with Gasteiger partial charge >= 0.3 is 12.0 Å². The maximum Gasteiger partial charge on any atom is 0.328 e. The lowest BCUT2D eigenvalue weighted by Gasteiger charge is -2.10. The number of nitrogens with one attached hydrogen (secondary N) is 2. The zero-order valence-corrected chi connectivity index (χ0v) is 10.6. The first-order valence-electron chi connectivity index (χ1n) is 5.66. The summed E-state index contributed by atoms with van der Waals surface area (Å²) in [6, 6.07) is 3.47. The number of halogens is 1. The van der Waals surface area contributed by atoms with Gasteiger partial charge in [-0.15, -0.1) is 0 Å². The molecule has 0 aliphatic heterocycles. The number of anilines is 1. The second-order valence-electron chi connectivity index (χ2n) is 4.16. The van der Waals surface area contributed by atoms with Crippen LogP contribution in [-0.2, 0) is 4.79 Å². The molecule has 0 heterocycles. The third-order valence-corrected chi connectivity index (χ3v) is 2.08. The summed E-state index contributed by atoms with van der Waals surface area (Å²) in [6.45, 7) is 3.57. The molecule has 1 aromatic carbocycles. The van der Waals surface area contributed by atoms with E-state index in [-0.39, 0.29) is 11.7 Å². The smallest absolute Gasteiger partial charge is 0.328 e. The number of amides is 2. The standard InChI is InChI=1S/C13H15FN2O3/c1-8(2)15-13(19)16-11-5-3-9(7-10(11)14)4-6-12(17)18/h3-8H,1-2H3,(H,17,18)(H2,15,16,19). The molecule has 1 aromatic rings. The van der Waals surface area contributed by atoms with Gasteiger partial charge < -0.3 is 15.7 Å². The Morgan fingerprint density at radius 2 is 2.05 bits per heavy atom. The van der Waals surface area contributed by atoms with Gasteiger partial charge in [0.25, 0.3) is 0 Å². The highest BCUT2D eigenvalue weighted by atomic mass is 19.1. The molecule has 6 heteroatoms. The molecule has 0 saturated heterocycles. The molecule has 5 nitrogen and oxygen atoms in total. The lowest BCUT2D eigenvalue weighted by molar-refractivity contribution is -0.131. The summed E-state index contributed by atoms with van der Waals surface area (Å²) in [7, 11) is 0. The first-order valence-corrected chi connectivity index (χ1v) is 5.66. The fraction of sp³-hybridized carbons (Fsp3) is 0.231. The minimum Gasteiger partial charge on any atom is -0.478 e. The molecule has 0 radical (unpaired) electrons. The average molecular weight is 266 g/mol. The number of carbonyl (C=O) groups excluding carboxylic acids is 1. The van der Waals surface area contributed by atoms with Crippen molar-refractivity contribution in [2.45, 2.75) is 19.9 Å². The molecule has 2 amide bonds. The van der Waals surface area contributed by atoms with E-state index in [1.54, 1.807) is 13.8 Å². The Kier molecular flexibility index (Phi) is 5.05. The predicted octanol–water partition coefficient (Wildman–Crippen LogP) is 2.45. The molecule has 3 N–H and O–H groups in total. The van der Waals surface area contributed by atoms with Crippen molar-refractivity contribution >= 4 is 23.8 Å². The van der Waals surface area contributed by atoms with Crippen molar-refractivity contribution in [2.75, 3.05) is 5.32 Å². The van der Waals surface area contributed by atoms with Crippen LogP contribution >= 0.6 is 0 Å². The van der Waals surface area contributed by atoms with Crippen molar-refractivity contribution in [1.82, 2.24) is 5.32 Å². The van der Waals surface area contributed by atoms with Crippen LogP contribution in [0.5, 0.6) is 0 Å². The molecule has 0 atom stereocenters. The SMILES string of the molecule is CC(C)NC(=O)Nc1ccc(C=CC(=O)O)cc1F. The highest BCUT2D eigenvalue weighted by molar-refractivity contribution is 5.90. The molecule has 0 bridgehead atoms. The zero-order valence-electron chi connectivity index (χ0n) is 10.6. The van der Waals surface area contributed by atoms with Gasteiger partial charge in [-0.2, -0.15) is 0 Å². The highest BCUT2D eigenvalue weighted by Crippen LogP contribution is 2.16. The number of hydrogen-bond acceptors (Lipinski definition) is 2. The second-order valence-corrected chi connectivity index (χ2v) is 4.16. The number of urea groups is 1.